The molecule has 1 N–H and O–H groups in total. The number of para-hydroxylation sites is 1. The van der Waals surface area contributed by atoms with Gasteiger partial charge in [0.1, 0.15) is 0 Å². The summed E-state index contributed by atoms with van der Waals surface area (Å²) in [5.41, 5.74) is 0.707. The van der Waals surface area contributed by atoms with E-state index in [4.69, 9.17) is 6.42 Å². The van der Waals surface area contributed by atoms with Gasteiger partial charge in [-0.3, -0.25) is 0 Å². The Morgan fingerprint density at radius 1 is 1.40 bits per heavy atom. The summed E-state index contributed by atoms with van der Waals surface area (Å²) < 4.78 is 24.4. The Hall–Kier alpha value is -1.21. The molecule has 0 aliphatic carbocycles. The monoisotopic (exact) mass is 227 g/mol. The van der Waals surface area contributed by atoms with Crippen molar-refractivity contribution in [3.63, 3.8) is 0 Å². The standard InChI is InChI=1S/C11H11F2NS/c1-2-3-8-14-9-6-4-5-7-10(9)15-11(12)13/h1,4-7,11,14H,3,8H2. The molecule has 0 saturated heterocycles. The normalized spacial score (nSPS) is 10.0. The first-order valence-electron chi connectivity index (χ1n) is 4.45. The van der Waals surface area contributed by atoms with Gasteiger partial charge in [0.15, 0.2) is 0 Å². The molecule has 1 nitrogen and oxygen atoms in total. The fourth-order valence-corrected chi connectivity index (χ4v) is 1.70. The summed E-state index contributed by atoms with van der Waals surface area (Å²) in [5, 5.41) is 3.02. The van der Waals surface area contributed by atoms with Crippen molar-refractivity contribution in [2.45, 2.75) is 17.1 Å². The van der Waals surface area contributed by atoms with Crippen LogP contribution < -0.4 is 5.32 Å². The number of thioether (sulfide) groups is 1. The van der Waals surface area contributed by atoms with Gasteiger partial charge in [-0.1, -0.05) is 23.9 Å². The van der Waals surface area contributed by atoms with Crippen LogP contribution in [0.3, 0.4) is 0 Å². The quantitative estimate of drug-likeness (QED) is 0.470. The van der Waals surface area contributed by atoms with Gasteiger partial charge in [0.2, 0.25) is 0 Å². The van der Waals surface area contributed by atoms with Gasteiger partial charge in [-0.25, -0.2) is 0 Å². The first-order chi connectivity index (χ1) is 7.24. The minimum atomic E-state index is -2.40. The molecule has 0 unspecified atom stereocenters. The summed E-state index contributed by atoms with van der Waals surface area (Å²) in [4.78, 5) is 0.546. The van der Waals surface area contributed by atoms with Crippen molar-refractivity contribution >= 4 is 17.4 Å². The molecule has 0 amide bonds. The fourth-order valence-electron chi connectivity index (χ4n) is 1.08. The minimum Gasteiger partial charge on any atom is -0.383 e. The Morgan fingerprint density at radius 3 is 2.80 bits per heavy atom. The molecule has 80 valence electrons. The van der Waals surface area contributed by atoms with Crippen molar-refractivity contribution in [3.8, 4) is 12.3 Å². The Labute approximate surface area is 92.3 Å². The number of halogens is 2. The van der Waals surface area contributed by atoms with Crippen molar-refractivity contribution in [1.82, 2.24) is 0 Å². The van der Waals surface area contributed by atoms with Crippen molar-refractivity contribution in [2.24, 2.45) is 0 Å². The molecule has 15 heavy (non-hydrogen) atoms. The average Bonchev–Trinajstić information content (AvgIpc) is 2.20. The average molecular weight is 227 g/mol. The van der Waals surface area contributed by atoms with Crippen LogP contribution in [-0.4, -0.2) is 12.3 Å². The molecule has 1 aromatic rings. The number of terminal acetylenes is 1. The second-order valence-electron chi connectivity index (χ2n) is 2.76. The van der Waals surface area contributed by atoms with Gasteiger partial charge < -0.3 is 5.32 Å². The third-order valence-electron chi connectivity index (χ3n) is 1.69. The van der Waals surface area contributed by atoms with E-state index in [1.165, 1.54) is 0 Å². The largest absolute Gasteiger partial charge is 0.383 e. The summed E-state index contributed by atoms with van der Waals surface area (Å²) in [6.45, 7) is 0.595. The van der Waals surface area contributed by atoms with Crippen molar-refractivity contribution in [3.05, 3.63) is 24.3 Å². The van der Waals surface area contributed by atoms with Crippen LogP contribution in [0, 0.1) is 12.3 Å². The van der Waals surface area contributed by atoms with Gasteiger partial charge in [0, 0.05) is 23.5 Å². The van der Waals surface area contributed by atoms with Gasteiger partial charge in [-0.05, 0) is 12.1 Å². The van der Waals surface area contributed by atoms with Crippen LogP contribution in [0.25, 0.3) is 0 Å². The fraction of sp³-hybridized carbons (Fsp3) is 0.273. The van der Waals surface area contributed by atoms with Gasteiger partial charge in [-0.15, -0.1) is 12.3 Å². The Bertz CT molecular complexity index is 347. The van der Waals surface area contributed by atoms with E-state index in [1.54, 1.807) is 24.3 Å². The number of nitrogens with one attached hydrogen (secondary N) is 1. The lowest BCUT2D eigenvalue weighted by Crippen LogP contribution is -2.01. The minimum absolute atomic E-state index is 0.536. The summed E-state index contributed by atoms with van der Waals surface area (Å²) >= 11 is 0.536. The molecule has 0 radical (unpaired) electrons. The van der Waals surface area contributed by atoms with Gasteiger partial charge >= 0.3 is 0 Å². The maximum atomic E-state index is 12.2. The number of anilines is 1. The molecule has 1 aromatic carbocycles. The molecule has 0 fully saturated rings. The van der Waals surface area contributed by atoms with Crippen LogP contribution in [-0.2, 0) is 0 Å². The molecule has 0 bridgehead atoms. The van der Waals surface area contributed by atoms with Crippen LogP contribution in [0.4, 0.5) is 14.5 Å². The van der Waals surface area contributed by atoms with Gasteiger partial charge in [-0.2, -0.15) is 8.78 Å². The molecular formula is C11H11F2NS. The predicted octanol–water partition coefficient (Wildman–Crippen LogP) is 3.44. The zero-order valence-corrected chi connectivity index (χ0v) is 8.86. The van der Waals surface area contributed by atoms with E-state index < -0.39 is 5.76 Å². The Kier molecular flexibility index (Phi) is 4.99. The zero-order valence-electron chi connectivity index (χ0n) is 8.04. The molecule has 0 aromatic heterocycles. The molecular weight excluding hydrogens is 216 g/mol. The molecule has 1 rings (SSSR count). The molecule has 0 saturated carbocycles. The summed E-state index contributed by atoms with van der Waals surface area (Å²) in [6.07, 6.45) is 5.67. The second kappa shape index (κ2) is 6.31. The van der Waals surface area contributed by atoms with E-state index in [0.717, 1.165) is 0 Å². The maximum Gasteiger partial charge on any atom is 0.288 e. The Balaban J connectivity index is 2.65. The predicted molar refractivity (Wildman–Crippen MR) is 60.2 cm³/mol. The van der Waals surface area contributed by atoms with E-state index >= 15 is 0 Å². The molecule has 0 atom stereocenters. The smallest absolute Gasteiger partial charge is 0.288 e. The van der Waals surface area contributed by atoms with E-state index in [2.05, 4.69) is 11.2 Å². The van der Waals surface area contributed by atoms with E-state index in [-0.39, 0.29) is 0 Å². The summed E-state index contributed by atoms with van der Waals surface area (Å²) in [7, 11) is 0. The summed E-state index contributed by atoms with van der Waals surface area (Å²) in [5.74, 6) is 0.0785. The van der Waals surface area contributed by atoms with Crippen molar-refractivity contribution < 1.29 is 8.78 Å². The van der Waals surface area contributed by atoms with Gasteiger partial charge in [0.05, 0.1) is 0 Å². The van der Waals surface area contributed by atoms with Gasteiger partial charge in [0.25, 0.3) is 5.76 Å². The third-order valence-corrected chi connectivity index (χ3v) is 2.48. The van der Waals surface area contributed by atoms with Crippen LogP contribution in [0.5, 0.6) is 0 Å². The molecule has 0 aliphatic rings. The van der Waals surface area contributed by atoms with E-state index in [0.29, 0.717) is 35.3 Å². The Morgan fingerprint density at radius 2 is 2.13 bits per heavy atom. The number of hydrogen-bond donors (Lipinski definition) is 1. The first kappa shape index (κ1) is 11.9. The lowest BCUT2D eigenvalue weighted by atomic mass is 10.3. The van der Waals surface area contributed by atoms with Crippen LogP contribution in [0.2, 0.25) is 0 Å². The highest BCUT2D eigenvalue weighted by Crippen LogP contribution is 2.31. The lowest BCUT2D eigenvalue weighted by molar-refractivity contribution is 0.252. The summed E-state index contributed by atoms with van der Waals surface area (Å²) in [6, 6.07) is 6.96. The second-order valence-corrected chi connectivity index (χ2v) is 3.79. The van der Waals surface area contributed by atoms with Crippen molar-refractivity contribution in [2.75, 3.05) is 11.9 Å². The number of rotatable bonds is 5. The molecule has 0 spiro atoms. The number of benzene rings is 1. The molecule has 0 heterocycles. The highest BCUT2D eigenvalue weighted by atomic mass is 32.2. The number of alkyl halides is 2. The van der Waals surface area contributed by atoms with E-state index in [9.17, 15) is 8.78 Å². The molecule has 4 heteroatoms. The lowest BCUT2D eigenvalue weighted by Gasteiger charge is -2.09. The van der Waals surface area contributed by atoms with Crippen molar-refractivity contribution in [1.29, 1.82) is 0 Å². The van der Waals surface area contributed by atoms with Crippen LogP contribution >= 0.6 is 11.8 Å². The number of hydrogen-bond acceptors (Lipinski definition) is 2. The molecule has 0 aliphatic heterocycles. The maximum absolute atomic E-state index is 12.2. The van der Waals surface area contributed by atoms with Crippen LogP contribution in [0.15, 0.2) is 29.2 Å². The highest BCUT2D eigenvalue weighted by Gasteiger charge is 2.08. The third kappa shape index (κ3) is 4.22. The first-order valence-corrected chi connectivity index (χ1v) is 5.33. The highest BCUT2D eigenvalue weighted by molar-refractivity contribution is 7.99. The van der Waals surface area contributed by atoms with E-state index in [1.807, 2.05) is 0 Å². The zero-order chi connectivity index (χ0) is 11.1. The SMILES string of the molecule is C#CCCNc1ccccc1SC(F)F. The topological polar surface area (TPSA) is 12.0 Å². The van der Waals surface area contributed by atoms with Crippen LogP contribution in [0.1, 0.15) is 6.42 Å².